The van der Waals surface area contributed by atoms with Crippen molar-refractivity contribution in [3.05, 3.63) is 0 Å². The van der Waals surface area contributed by atoms with Crippen LogP contribution >= 0.6 is 12.8 Å². The van der Waals surface area contributed by atoms with Gasteiger partial charge in [0.15, 0.2) is 0 Å². The van der Waals surface area contributed by atoms with E-state index in [1.807, 2.05) is 0 Å². The van der Waals surface area contributed by atoms with E-state index in [2.05, 4.69) is 18.7 Å². The van der Waals surface area contributed by atoms with Crippen LogP contribution < -0.4 is 17.1 Å². The molecule has 0 unspecified atom stereocenters. The number of nitrogens with two attached hydrogens (primary N) is 2. The van der Waals surface area contributed by atoms with Crippen molar-refractivity contribution in [2.75, 3.05) is 0 Å². The zero-order valence-electron chi connectivity index (χ0n) is 3.46. The Morgan fingerprint density at radius 1 is 1.86 bits per heavy atom. The summed E-state index contributed by atoms with van der Waals surface area (Å²) in [4.78, 5) is 10.0. The summed E-state index contributed by atoms with van der Waals surface area (Å²) in [5.74, 6) is 9.35. The zero-order valence-corrected chi connectivity index (χ0v) is 4.35. The van der Waals surface area contributed by atoms with Crippen LogP contribution in [0.5, 0.6) is 0 Å². The van der Waals surface area contributed by atoms with Crippen molar-refractivity contribution in [3.8, 4) is 0 Å². The average molecular weight is 122 g/mol. The van der Waals surface area contributed by atoms with Gasteiger partial charge in [-0.15, -0.1) is 0 Å². The molecule has 2 amide bonds. The van der Waals surface area contributed by atoms with Crippen LogP contribution in [0, 0.1) is 0 Å². The summed E-state index contributed by atoms with van der Waals surface area (Å²) in [6.45, 7) is 0. The standard InChI is InChI=1S/CH6N4OS/c2-4-1(6)5(3)7/h7H,2-3H2,(H,4,6). The number of urea groups is 1. The van der Waals surface area contributed by atoms with Gasteiger partial charge in [-0.25, -0.2) is 20.9 Å². The quantitative estimate of drug-likeness (QED) is 0.138. The lowest BCUT2D eigenvalue weighted by Crippen LogP contribution is -2.41. The van der Waals surface area contributed by atoms with Gasteiger partial charge in [0.2, 0.25) is 0 Å². The number of carbonyl (C=O) groups excluding carboxylic acids is 1. The van der Waals surface area contributed by atoms with Crippen molar-refractivity contribution in [1.82, 2.24) is 9.84 Å². The predicted molar refractivity (Wildman–Crippen MR) is 27.7 cm³/mol. The lowest BCUT2D eigenvalue weighted by Gasteiger charge is -2.04. The van der Waals surface area contributed by atoms with Gasteiger partial charge in [0.05, 0.1) is 0 Å². The first-order valence-corrected chi connectivity index (χ1v) is 1.82. The van der Waals surface area contributed by atoms with Gasteiger partial charge in [0.25, 0.3) is 0 Å². The molecule has 0 aliphatic heterocycles. The number of hydrazine groups is 2. The summed E-state index contributed by atoms with van der Waals surface area (Å²) in [7, 11) is 0. The van der Waals surface area contributed by atoms with Crippen molar-refractivity contribution in [2.24, 2.45) is 11.7 Å². The molecular formula is CH6N4OS. The molecule has 0 aliphatic carbocycles. The van der Waals surface area contributed by atoms with Gasteiger partial charge in [0.1, 0.15) is 0 Å². The molecule has 0 aromatic rings. The van der Waals surface area contributed by atoms with Gasteiger partial charge in [-0.2, -0.15) is 0 Å². The Balaban J connectivity index is 3.35. The van der Waals surface area contributed by atoms with E-state index in [0.29, 0.717) is 4.41 Å². The Bertz CT molecular complexity index is 72.1. The second kappa shape index (κ2) is 2.67. The fourth-order valence-corrected chi connectivity index (χ4v) is 0.124. The van der Waals surface area contributed by atoms with E-state index < -0.39 is 6.03 Å². The molecule has 0 aliphatic rings. The number of nitrogens with zero attached hydrogens (tertiary/aromatic N) is 1. The molecule has 0 saturated carbocycles. The molecule has 0 radical (unpaired) electrons. The topological polar surface area (TPSA) is 84.4 Å². The van der Waals surface area contributed by atoms with Crippen LogP contribution in [0.3, 0.4) is 0 Å². The summed E-state index contributed by atoms with van der Waals surface area (Å²) in [5, 5.41) is 0. The van der Waals surface area contributed by atoms with Crippen LogP contribution in [0.1, 0.15) is 0 Å². The molecule has 0 atom stereocenters. The van der Waals surface area contributed by atoms with E-state index >= 15 is 0 Å². The van der Waals surface area contributed by atoms with Crippen LogP contribution in [0.15, 0.2) is 0 Å². The highest BCUT2D eigenvalue weighted by atomic mass is 32.1. The summed E-state index contributed by atoms with van der Waals surface area (Å²) in [6.07, 6.45) is 0. The smallest absolute Gasteiger partial charge is 0.274 e. The van der Waals surface area contributed by atoms with Crippen LogP contribution in [-0.2, 0) is 0 Å². The molecule has 7 heavy (non-hydrogen) atoms. The van der Waals surface area contributed by atoms with Gasteiger partial charge in [0, 0.05) is 0 Å². The van der Waals surface area contributed by atoms with E-state index in [-0.39, 0.29) is 0 Å². The lowest BCUT2D eigenvalue weighted by atomic mass is 11.1. The molecule has 0 spiro atoms. The normalized spacial score (nSPS) is 7.86. The fraction of sp³-hybridized carbons (Fsp3) is 0. The molecule has 0 fully saturated rings. The van der Waals surface area contributed by atoms with Gasteiger partial charge in [-0.1, -0.05) is 0 Å². The number of carbonyl (C=O) groups is 1. The number of hydrogen-bond donors (Lipinski definition) is 4. The van der Waals surface area contributed by atoms with E-state index in [4.69, 9.17) is 5.84 Å². The third-order valence-corrected chi connectivity index (χ3v) is 0.513. The largest absolute Gasteiger partial charge is 0.355 e. The molecule has 0 aromatic heterocycles. The molecular weight excluding hydrogens is 116 g/mol. The van der Waals surface area contributed by atoms with Crippen LogP contribution in [-0.4, -0.2) is 10.4 Å². The Labute approximate surface area is 46.1 Å². The summed E-state index contributed by atoms with van der Waals surface area (Å²) in [5.41, 5.74) is 1.75. The second-order valence-electron chi connectivity index (χ2n) is 0.794. The number of hydrogen-bond acceptors (Lipinski definition) is 4. The van der Waals surface area contributed by atoms with Crippen LogP contribution in [0.2, 0.25) is 0 Å². The Hall–Kier alpha value is -0.460. The molecule has 6 heteroatoms. The molecule has 0 heterocycles. The maximum atomic E-state index is 10.0. The van der Waals surface area contributed by atoms with Crippen molar-refractivity contribution in [1.29, 1.82) is 0 Å². The number of rotatable bonds is 0. The maximum Gasteiger partial charge on any atom is 0.355 e. The molecule has 0 bridgehead atoms. The third kappa shape index (κ3) is 2.26. The van der Waals surface area contributed by atoms with E-state index in [0.717, 1.165) is 0 Å². The summed E-state index contributed by atoms with van der Waals surface area (Å²) >= 11 is 3.39. The van der Waals surface area contributed by atoms with Crippen molar-refractivity contribution < 1.29 is 4.79 Å². The highest BCUT2D eigenvalue weighted by molar-refractivity contribution is 7.78. The Morgan fingerprint density at radius 2 is 2.29 bits per heavy atom. The van der Waals surface area contributed by atoms with Gasteiger partial charge in [-0.3, -0.25) is 5.43 Å². The first-order chi connectivity index (χ1) is 3.18. The van der Waals surface area contributed by atoms with Gasteiger partial charge in [-0.05, 0) is 12.8 Å². The second-order valence-corrected chi connectivity index (χ2v) is 1.22. The Morgan fingerprint density at radius 3 is 2.29 bits per heavy atom. The Kier molecular flexibility index (Phi) is 2.49. The van der Waals surface area contributed by atoms with Gasteiger partial charge < -0.3 is 0 Å². The van der Waals surface area contributed by atoms with E-state index in [1.54, 1.807) is 5.43 Å². The van der Waals surface area contributed by atoms with Crippen LogP contribution in [0.25, 0.3) is 0 Å². The number of thiol groups is 1. The minimum Gasteiger partial charge on any atom is -0.274 e. The lowest BCUT2D eigenvalue weighted by molar-refractivity contribution is 0.227. The SMILES string of the molecule is NNC(=O)N(N)S. The molecule has 0 rings (SSSR count). The van der Waals surface area contributed by atoms with E-state index in [9.17, 15) is 4.79 Å². The van der Waals surface area contributed by atoms with Crippen molar-refractivity contribution >= 4 is 18.8 Å². The highest BCUT2D eigenvalue weighted by Crippen LogP contribution is 1.77. The monoisotopic (exact) mass is 122 g/mol. The van der Waals surface area contributed by atoms with Crippen molar-refractivity contribution in [2.45, 2.75) is 0 Å². The summed E-state index contributed by atoms with van der Waals surface area (Å²) in [6, 6.07) is -0.650. The minimum absolute atomic E-state index is 0.542. The number of amides is 2. The van der Waals surface area contributed by atoms with E-state index in [1.165, 1.54) is 0 Å². The molecule has 5 N–H and O–H groups in total. The van der Waals surface area contributed by atoms with Crippen LogP contribution in [0.4, 0.5) is 4.79 Å². The first kappa shape index (κ1) is 6.54. The first-order valence-electron chi connectivity index (χ1n) is 1.42. The third-order valence-electron chi connectivity index (χ3n) is 0.332. The van der Waals surface area contributed by atoms with Gasteiger partial charge >= 0.3 is 6.03 Å². The van der Waals surface area contributed by atoms with Crippen molar-refractivity contribution in [3.63, 3.8) is 0 Å². The maximum absolute atomic E-state index is 10.0. The molecule has 5 nitrogen and oxygen atoms in total. The summed E-state index contributed by atoms with van der Waals surface area (Å²) < 4.78 is 0.542. The molecule has 0 aromatic carbocycles. The molecule has 42 valence electrons. The zero-order chi connectivity index (χ0) is 5.86. The average Bonchev–Trinajstić information content (AvgIpc) is 1.65. The predicted octanol–water partition coefficient (Wildman–Crippen LogP) is -1.41. The fourth-order valence-electron chi connectivity index (χ4n) is 0.0661. The highest BCUT2D eigenvalue weighted by Gasteiger charge is 1.97. The number of nitrogens with one attached hydrogen (secondary N) is 1. The molecule has 0 saturated heterocycles. The minimum atomic E-state index is -0.650.